The third-order valence-corrected chi connectivity index (χ3v) is 2.13. The molecule has 0 aliphatic rings. The third kappa shape index (κ3) is 5.19. The molecule has 0 amide bonds. The standard InChI is InChI=1S/C10H20O2S/c1-5-6-10(4,13)9(11)12-7-8(2)3/h8,13H,5-7H2,1-4H3. The fourth-order valence-electron chi connectivity index (χ4n) is 0.987. The predicted octanol–water partition coefficient (Wildman–Crippen LogP) is 2.67. The minimum Gasteiger partial charge on any atom is -0.464 e. The van der Waals surface area contributed by atoms with E-state index in [-0.39, 0.29) is 5.97 Å². The fraction of sp³-hybridized carbons (Fsp3) is 0.900. The van der Waals surface area contributed by atoms with Crippen LogP contribution in [0.5, 0.6) is 0 Å². The van der Waals surface area contributed by atoms with E-state index in [2.05, 4.69) is 12.6 Å². The van der Waals surface area contributed by atoms with E-state index >= 15 is 0 Å². The van der Waals surface area contributed by atoms with Gasteiger partial charge in [0.25, 0.3) is 0 Å². The van der Waals surface area contributed by atoms with Gasteiger partial charge >= 0.3 is 5.97 Å². The third-order valence-electron chi connectivity index (χ3n) is 1.72. The van der Waals surface area contributed by atoms with Crippen LogP contribution in [-0.2, 0) is 9.53 Å². The summed E-state index contributed by atoms with van der Waals surface area (Å²) in [5.41, 5.74) is 0. The van der Waals surface area contributed by atoms with Crippen molar-refractivity contribution in [2.75, 3.05) is 6.61 Å². The van der Waals surface area contributed by atoms with Crippen molar-refractivity contribution in [1.29, 1.82) is 0 Å². The highest BCUT2D eigenvalue weighted by atomic mass is 32.1. The van der Waals surface area contributed by atoms with Crippen LogP contribution in [-0.4, -0.2) is 17.3 Å². The van der Waals surface area contributed by atoms with E-state index in [1.165, 1.54) is 0 Å². The van der Waals surface area contributed by atoms with Gasteiger partial charge in [-0.3, -0.25) is 4.79 Å². The normalized spacial score (nSPS) is 15.5. The van der Waals surface area contributed by atoms with E-state index in [0.29, 0.717) is 12.5 Å². The molecule has 0 aromatic carbocycles. The Kier molecular flexibility index (Phi) is 5.45. The van der Waals surface area contributed by atoms with E-state index in [1.807, 2.05) is 27.7 Å². The highest BCUT2D eigenvalue weighted by Crippen LogP contribution is 2.22. The summed E-state index contributed by atoms with van der Waals surface area (Å²) >= 11 is 4.29. The van der Waals surface area contributed by atoms with Gasteiger partial charge in [0.05, 0.1) is 6.61 Å². The number of carbonyl (C=O) groups is 1. The molecule has 1 atom stereocenters. The van der Waals surface area contributed by atoms with Crippen LogP contribution in [0.4, 0.5) is 0 Å². The maximum Gasteiger partial charge on any atom is 0.321 e. The Labute approximate surface area is 86.5 Å². The number of esters is 1. The second kappa shape index (κ2) is 5.53. The summed E-state index contributed by atoms with van der Waals surface area (Å²) in [5.74, 6) is 0.182. The van der Waals surface area contributed by atoms with Gasteiger partial charge in [-0.25, -0.2) is 0 Å². The highest BCUT2D eigenvalue weighted by molar-refractivity contribution is 7.82. The number of ether oxygens (including phenoxy) is 1. The van der Waals surface area contributed by atoms with Gasteiger partial charge in [0.15, 0.2) is 0 Å². The molecule has 0 bridgehead atoms. The van der Waals surface area contributed by atoms with Crippen LogP contribution in [0.3, 0.4) is 0 Å². The zero-order valence-electron chi connectivity index (χ0n) is 8.96. The van der Waals surface area contributed by atoms with Crippen LogP contribution in [0.25, 0.3) is 0 Å². The molecule has 78 valence electrons. The zero-order chi connectivity index (χ0) is 10.5. The molecule has 0 fully saturated rings. The van der Waals surface area contributed by atoms with Gasteiger partial charge in [-0.15, -0.1) is 0 Å². The smallest absolute Gasteiger partial charge is 0.321 e. The first-order valence-corrected chi connectivity index (χ1v) is 5.24. The van der Waals surface area contributed by atoms with Crippen molar-refractivity contribution in [3.05, 3.63) is 0 Å². The lowest BCUT2D eigenvalue weighted by Crippen LogP contribution is -2.31. The van der Waals surface area contributed by atoms with E-state index in [0.717, 1.165) is 12.8 Å². The van der Waals surface area contributed by atoms with E-state index in [4.69, 9.17) is 4.74 Å². The van der Waals surface area contributed by atoms with Gasteiger partial charge in [0, 0.05) is 0 Å². The Balaban J connectivity index is 3.94. The molecule has 0 aliphatic carbocycles. The molecule has 0 aromatic rings. The lowest BCUT2D eigenvalue weighted by molar-refractivity contribution is -0.147. The molecule has 2 nitrogen and oxygen atoms in total. The first-order chi connectivity index (χ1) is 5.90. The molecule has 0 N–H and O–H groups in total. The van der Waals surface area contributed by atoms with Crippen molar-refractivity contribution >= 4 is 18.6 Å². The molecule has 0 saturated heterocycles. The number of rotatable bonds is 5. The minimum absolute atomic E-state index is 0.202. The van der Waals surface area contributed by atoms with Crippen molar-refractivity contribution < 1.29 is 9.53 Å². The van der Waals surface area contributed by atoms with Gasteiger partial charge in [-0.05, 0) is 19.3 Å². The Morgan fingerprint density at radius 2 is 2.08 bits per heavy atom. The molecular formula is C10H20O2S. The van der Waals surface area contributed by atoms with E-state index < -0.39 is 4.75 Å². The minimum atomic E-state index is -0.621. The summed E-state index contributed by atoms with van der Waals surface area (Å²) in [6.07, 6.45) is 1.70. The first kappa shape index (κ1) is 12.8. The van der Waals surface area contributed by atoms with Crippen molar-refractivity contribution in [2.45, 2.75) is 45.3 Å². The first-order valence-electron chi connectivity index (χ1n) is 4.79. The van der Waals surface area contributed by atoms with Gasteiger partial charge in [0.2, 0.25) is 0 Å². The molecule has 0 heterocycles. The fourth-order valence-corrected chi connectivity index (χ4v) is 1.27. The Morgan fingerprint density at radius 1 is 1.54 bits per heavy atom. The van der Waals surface area contributed by atoms with Crippen LogP contribution in [0.2, 0.25) is 0 Å². The van der Waals surface area contributed by atoms with Crippen LogP contribution >= 0.6 is 12.6 Å². The van der Waals surface area contributed by atoms with Crippen molar-refractivity contribution in [1.82, 2.24) is 0 Å². The van der Waals surface area contributed by atoms with Gasteiger partial charge in [0.1, 0.15) is 4.75 Å². The van der Waals surface area contributed by atoms with Crippen LogP contribution in [0.1, 0.15) is 40.5 Å². The summed E-state index contributed by atoms with van der Waals surface area (Å²) < 4.78 is 4.48. The van der Waals surface area contributed by atoms with Crippen molar-refractivity contribution in [3.8, 4) is 0 Å². The van der Waals surface area contributed by atoms with Gasteiger partial charge < -0.3 is 4.74 Å². The average Bonchev–Trinajstić information content (AvgIpc) is 1.99. The van der Waals surface area contributed by atoms with Gasteiger partial charge in [-0.2, -0.15) is 12.6 Å². The average molecular weight is 204 g/mol. The molecule has 0 aliphatic heterocycles. The van der Waals surface area contributed by atoms with Crippen molar-refractivity contribution in [3.63, 3.8) is 0 Å². The second-order valence-corrected chi connectivity index (χ2v) is 5.00. The predicted molar refractivity (Wildman–Crippen MR) is 58.1 cm³/mol. The van der Waals surface area contributed by atoms with Crippen LogP contribution < -0.4 is 0 Å². The molecule has 13 heavy (non-hydrogen) atoms. The maximum absolute atomic E-state index is 11.5. The quantitative estimate of drug-likeness (QED) is 0.550. The maximum atomic E-state index is 11.5. The molecule has 0 radical (unpaired) electrons. The lowest BCUT2D eigenvalue weighted by Gasteiger charge is -2.21. The SMILES string of the molecule is CCCC(C)(S)C(=O)OCC(C)C. The number of carbonyl (C=O) groups excluding carboxylic acids is 1. The lowest BCUT2D eigenvalue weighted by atomic mass is 10.1. The van der Waals surface area contributed by atoms with Gasteiger partial charge in [-0.1, -0.05) is 27.2 Å². The van der Waals surface area contributed by atoms with E-state index in [1.54, 1.807) is 0 Å². The summed E-state index contributed by atoms with van der Waals surface area (Å²) in [4.78, 5) is 11.5. The molecular weight excluding hydrogens is 184 g/mol. The molecule has 0 aromatic heterocycles. The monoisotopic (exact) mass is 204 g/mol. The summed E-state index contributed by atoms with van der Waals surface area (Å²) in [6, 6.07) is 0. The van der Waals surface area contributed by atoms with E-state index in [9.17, 15) is 4.79 Å². The topological polar surface area (TPSA) is 26.3 Å². The molecule has 0 rings (SSSR count). The Morgan fingerprint density at radius 3 is 2.46 bits per heavy atom. The zero-order valence-corrected chi connectivity index (χ0v) is 9.86. The number of hydrogen-bond donors (Lipinski definition) is 1. The second-order valence-electron chi connectivity index (χ2n) is 4.02. The highest BCUT2D eigenvalue weighted by Gasteiger charge is 2.29. The molecule has 3 heteroatoms. The number of thiol groups is 1. The summed E-state index contributed by atoms with van der Waals surface area (Å²) in [5, 5.41) is 0. The van der Waals surface area contributed by atoms with Crippen LogP contribution in [0, 0.1) is 5.92 Å². The Hall–Kier alpha value is -0.180. The largest absolute Gasteiger partial charge is 0.464 e. The number of hydrogen-bond acceptors (Lipinski definition) is 3. The van der Waals surface area contributed by atoms with Crippen molar-refractivity contribution in [2.24, 2.45) is 5.92 Å². The summed E-state index contributed by atoms with van der Waals surface area (Å²) in [7, 11) is 0. The molecule has 1 unspecified atom stereocenters. The molecule has 0 saturated carbocycles. The summed E-state index contributed by atoms with van der Waals surface area (Å²) in [6.45, 7) is 8.36. The Bertz CT molecular complexity index is 164. The molecule has 0 spiro atoms. The van der Waals surface area contributed by atoms with Crippen LogP contribution in [0.15, 0.2) is 0 Å².